The number of amides is 1. The zero-order valence-corrected chi connectivity index (χ0v) is 42.0. The molecule has 4 N–H and O–H groups in total. The Balaban J connectivity index is 1.46. The van der Waals surface area contributed by atoms with Crippen LogP contribution in [0.1, 0.15) is 132 Å². The molecule has 4 heterocycles. The van der Waals surface area contributed by atoms with Crippen molar-refractivity contribution in [2.45, 2.75) is 168 Å². The molecule has 1 saturated carbocycles. The highest BCUT2D eigenvalue weighted by molar-refractivity contribution is 6.39. The number of tetrazole rings is 1. The molecule has 3 aliphatic heterocycles. The van der Waals surface area contributed by atoms with E-state index in [1.807, 2.05) is 51.2 Å². The Morgan fingerprint density at radius 2 is 1.67 bits per heavy atom. The molecule has 0 aromatic carbocycles. The molecule has 384 valence electrons. The number of Topliss-reactive ketones (excluding diaryl/α,β-unsaturated/α-hetero) is 3. The van der Waals surface area contributed by atoms with E-state index < -0.39 is 71.7 Å². The number of aliphatic hydroxyl groups is 4. The van der Waals surface area contributed by atoms with Crippen LogP contribution in [0.5, 0.6) is 0 Å². The van der Waals surface area contributed by atoms with Crippen LogP contribution >= 0.6 is 0 Å². The minimum atomic E-state index is -2.47. The van der Waals surface area contributed by atoms with Gasteiger partial charge in [-0.3, -0.25) is 19.2 Å². The third-order valence-electron chi connectivity index (χ3n) is 15.4. The predicted molar refractivity (Wildman–Crippen MR) is 256 cm³/mol. The Labute approximate surface area is 407 Å². The number of hydrogen-bond donors (Lipinski definition) is 4. The first-order valence-corrected chi connectivity index (χ1v) is 25.2. The summed E-state index contributed by atoms with van der Waals surface area (Å²) in [7, 11) is 1.37. The van der Waals surface area contributed by atoms with Crippen LogP contribution in [-0.2, 0) is 38.2 Å². The van der Waals surface area contributed by atoms with Crippen LogP contribution in [0.2, 0.25) is 0 Å². The van der Waals surface area contributed by atoms with Gasteiger partial charge in [-0.05, 0) is 118 Å². The molecule has 1 aromatic rings. The van der Waals surface area contributed by atoms with Gasteiger partial charge in [-0.25, -0.2) is 9.48 Å². The Kier molecular flexibility index (Phi) is 20.8. The van der Waals surface area contributed by atoms with Crippen molar-refractivity contribution in [1.82, 2.24) is 25.1 Å². The lowest BCUT2D eigenvalue weighted by molar-refractivity contribution is -0.265. The fourth-order valence-electron chi connectivity index (χ4n) is 10.9. The van der Waals surface area contributed by atoms with Gasteiger partial charge in [0.15, 0.2) is 5.78 Å². The number of carbonyl (C=O) groups is 5. The van der Waals surface area contributed by atoms with E-state index in [9.17, 15) is 44.4 Å². The van der Waals surface area contributed by atoms with Gasteiger partial charge in [0.05, 0.1) is 12.1 Å². The minimum absolute atomic E-state index is 0.00322. The highest BCUT2D eigenvalue weighted by Crippen LogP contribution is 2.41. The number of carbonyl (C=O) groups excluding carboxylic acids is 5. The number of methoxy groups -OCH3 is 1. The van der Waals surface area contributed by atoms with Gasteiger partial charge in [0.25, 0.3) is 11.7 Å². The summed E-state index contributed by atoms with van der Waals surface area (Å²) in [6, 6.07) is -1.25. The zero-order chi connectivity index (χ0) is 50.6. The molecule has 1 aliphatic carbocycles. The van der Waals surface area contributed by atoms with Gasteiger partial charge in [-0.15, -0.1) is 5.10 Å². The number of ether oxygens (including phenoxy) is 3. The number of allylic oxidation sites excluding steroid dienone is 6. The van der Waals surface area contributed by atoms with E-state index in [0.717, 1.165) is 12.0 Å². The lowest BCUT2D eigenvalue weighted by atomic mass is 9.74. The fraction of sp³-hybridized carbons (Fsp3) is 0.731. The number of nitrogens with zero attached hydrogens (tertiary/aromatic N) is 5. The minimum Gasteiger partial charge on any atom is -0.460 e. The van der Waals surface area contributed by atoms with Crippen LogP contribution in [0.15, 0.2) is 53.9 Å². The Bertz CT molecular complexity index is 2020. The van der Waals surface area contributed by atoms with Crippen molar-refractivity contribution in [3.05, 3.63) is 53.9 Å². The van der Waals surface area contributed by atoms with Gasteiger partial charge in [-0.2, -0.15) is 0 Å². The molecule has 1 amide bonds. The quantitative estimate of drug-likeness (QED) is 0.155. The molecule has 2 bridgehead atoms. The van der Waals surface area contributed by atoms with E-state index in [-0.39, 0.29) is 86.2 Å². The molecule has 69 heavy (non-hydrogen) atoms. The SMILES string of the molecule is CO[C@H]1C(=O)[C@H](C)C[C@H](C)/C=C/C=C/C=C(\C)[C@@H](CO)C[C@@H]2CC[C@@H](C)[C@@](O)(O2)C(=O)C(=O)N2CCCC[C@H]2C(=O)O[C@H]([C@H](C)C[C@@H]2CC[C@H](n3cnnn3)[C@H](CO)C2)CC(=O)[C@H](C)/C=C(\C)[C@H]1O. The van der Waals surface area contributed by atoms with Crippen molar-refractivity contribution < 1.29 is 58.6 Å². The summed E-state index contributed by atoms with van der Waals surface area (Å²) < 4.78 is 19.7. The van der Waals surface area contributed by atoms with E-state index in [1.54, 1.807) is 44.8 Å². The van der Waals surface area contributed by atoms with Crippen LogP contribution in [0.4, 0.5) is 0 Å². The van der Waals surface area contributed by atoms with Gasteiger partial charge < -0.3 is 39.5 Å². The normalized spacial score (nSPS) is 38.8. The molecule has 2 saturated heterocycles. The first kappa shape index (κ1) is 55.7. The molecule has 4 aliphatic rings. The smallest absolute Gasteiger partial charge is 0.329 e. The number of cyclic esters (lactones) is 1. The molecule has 0 radical (unpaired) electrons. The maximum Gasteiger partial charge on any atom is 0.329 e. The summed E-state index contributed by atoms with van der Waals surface area (Å²) in [5.74, 6) is -8.73. The van der Waals surface area contributed by atoms with Gasteiger partial charge in [0.2, 0.25) is 5.79 Å². The third kappa shape index (κ3) is 14.2. The first-order valence-electron chi connectivity index (χ1n) is 25.2. The number of fused-ring (bicyclic) bond motifs is 3. The first-order chi connectivity index (χ1) is 32.8. The van der Waals surface area contributed by atoms with Gasteiger partial charge in [-0.1, -0.05) is 76.6 Å². The summed E-state index contributed by atoms with van der Waals surface area (Å²) in [6.45, 7) is 12.3. The molecule has 1 aromatic heterocycles. The van der Waals surface area contributed by atoms with E-state index in [0.29, 0.717) is 56.9 Å². The van der Waals surface area contributed by atoms with Gasteiger partial charge in [0.1, 0.15) is 36.5 Å². The average molecular weight is 966 g/mol. The summed E-state index contributed by atoms with van der Waals surface area (Å²) >= 11 is 0. The number of esters is 1. The molecule has 5 rings (SSSR count). The van der Waals surface area contributed by atoms with Gasteiger partial charge in [0, 0.05) is 62.9 Å². The second-order valence-electron chi connectivity index (χ2n) is 20.7. The number of ketones is 3. The number of hydrogen-bond acceptors (Lipinski definition) is 15. The molecule has 3 fully saturated rings. The monoisotopic (exact) mass is 966 g/mol. The average Bonchev–Trinajstić information content (AvgIpc) is 3.88. The van der Waals surface area contributed by atoms with Crippen LogP contribution in [0.25, 0.3) is 0 Å². The molecular formula is C52H79N5O12. The second-order valence-corrected chi connectivity index (χ2v) is 20.7. The standard InChI is InChI=1S/C52H79N5O12/c1-31-14-10-9-11-15-32(2)39(28-58)26-41-19-17-37(7)52(66,69-41)49(63)50(64)56-21-13-12-16-43(56)51(65)68-45(34(4)24-38-18-20-42(40(25-38)29-59)57-30-53-54-55-57)27-44(60)33(3)23-36(6)47(62)48(67-8)46(61)35(5)22-31/h9-11,14-15,23,30-31,33-35,37-43,45,47-48,58-59,62,66H,12-13,16-22,24-29H2,1-8H3/b11-9+,14-10+,32-15+,36-23+/t31-,33-,34-,35-,37-,38+,39-,40+,41+,42+,43+,45+,47-,48+,52-/m1/s1. The Hall–Kier alpha value is -4.26. The van der Waals surface area contributed by atoms with Crippen molar-refractivity contribution in [2.75, 3.05) is 26.9 Å². The highest BCUT2D eigenvalue weighted by atomic mass is 16.6. The summed E-state index contributed by atoms with van der Waals surface area (Å²) in [4.78, 5) is 72.2. The molecule has 15 atom stereocenters. The second kappa shape index (κ2) is 25.7. The Morgan fingerprint density at radius 1 is 0.913 bits per heavy atom. The van der Waals surface area contributed by atoms with Crippen LogP contribution in [0, 0.1) is 47.3 Å². The van der Waals surface area contributed by atoms with Crippen molar-refractivity contribution in [3.63, 3.8) is 0 Å². The number of piperidine rings is 1. The molecule has 0 spiro atoms. The highest BCUT2D eigenvalue weighted by Gasteiger charge is 2.53. The summed E-state index contributed by atoms with van der Waals surface area (Å²) in [5.41, 5.74) is 1.22. The summed E-state index contributed by atoms with van der Waals surface area (Å²) in [5, 5.41) is 55.9. The van der Waals surface area contributed by atoms with Crippen molar-refractivity contribution in [2.24, 2.45) is 47.3 Å². The maximum absolute atomic E-state index is 14.5. The third-order valence-corrected chi connectivity index (χ3v) is 15.4. The topological polar surface area (TPSA) is 241 Å². The number of aromatic nitrogens is 4. The van der Waals surface area contributed by atoms with Gasteiger partial charge >= 0.3 is 5.97 Å². The van der Waals surface area contributed by atoms with Crippen molar-refractivity contribution >= 4 is 29.2 Å². The lowest BCUT2D eigenvalue weighted by Gasteiger charge is -2.43. The van der Waals surface area contributed by atoms with E-state index >= 15 is 0 Å². The molecule has 17 heteroatoms. The fourth-order valence-corrected chi connectivity index (χ4v) is 10.9. The number of rotatable bonds is 7. The van der Waals surface area contributed by atoms with Crippen LogP contribution < -0.4 is 0 Å². The summed E-state index contributed by atoms with van der Waals surface area (Å²) in [6.07, 6.45) is 13.9. The van der Waals surface area contributed by atoms with E-state index in [1.165, 1.54) is 12.0 Å². The molecule has 0 unspecified atom stereocenters. The predicted octanol–water partition coefficient (Wildman–Crippen LogP) is 5.23. The zero-order valence-electron chi connectivity index (χ0n) is 42.0. The lowest BCUT2D eigenvalue weighted by Crippen LogP contribution is -2.60. The van der Waals surface area contributed by atoms with Crippen LogP contribution in [0.3, 0.4) is 0 Å². The molecule has 17 nitrogen and oxygen atoms in total. The van der Waals surface area contributed by atoms with Crippen LogP contribution in [-0.4, -0.2) is 138 Å². The van der Waals surface area contributed by atoms with E-state index in [4.69, 9.17) is 14.2 Å². The number of aliphatic hydroxyl groups excluding tert-OH is 3. The maximum atomic E-state index is 14.5. The van der Waals surface area contributed by atoms with Crippen molar-refractivity contribution in [3.8, 4) is 0 Å². The molecular weight excluding hydrogens is 887 g/mol. The van der Waals surface area contributed by atoms with Crippen molar-refractivity contribution in [1.29, 1.82) is 0 Å². The van der Waals surface area contributed by atoms with E-state index in [2.05, 4.69) is 15.5 Å². The Morgan fingerprint density at radius 3 is 2.35 bits per heavy atom. The largest absolute Gasteiger partial charge is 0.460 e.